The van der Waals surface area contributed by atoms with Crippen molar-refractivity contribution in [1.82, 2.24) is 9.80 Å². The topological polar surface area (TPSA) is 49.6 Å². The number of piperidine rings is 1. The maximum absolute atomic E-state index is 12.5. The van der Waals surface area contributed by atoms with Crippen LogP contribution in [0.15, 0.2) is 0 Å². The van der Waals surface area contributed by atoms with E-state index < -0.39 is 0 Å². The summed E-state index contributed by atoms with van der Waals surface area (Å²) in [4.78, 5) is 17.2. The predicted molar refractivity (Wildman–Crippen MR) is 91.6 cm³/mol. The summed E-state index contributed by atoms with van der Waals surface area (Å²) in [6, 6.07) is -0.308. The van der Waals surface area contributed by atoms with Crippen LogP contribution in [0, 0.1) is 11.8 Å². The van der Waals surface area contributed by atoms with Crippen LogP contribution in [0.3, 0.4) is 0 Å². The van der Waals surface area contributed by atoms with Gasteiger partial charge in [-0.1, -0.05) is 26.7 Å². The lowest BCUT2D eigenvalue weighted by molar-refractivity contribution is -0.134. The van der Waals surface area contributed by atoms with Gasteiger partial charge in [0.15, 0.2) is 0 Å². The van der Waals surface area contributed by atoms with Crippen molar-refractivity contribution in [3.05, 3.63) is 0 Å². The van der Waals surface area contributed by atoms with Crippen LogP contribution in [0.2, 0.25) is 0 Å². The summed E-state index contributed by atoms with van der Waals surface area (Å²) in [6.07, 6.45) is 8.65. The van der Waals surface area contributed by atoms with Crippen molar-refractivity contribution in [2.24, 2.45) is 17.6 Å². The molecule has 2 aliphatic rings. The lowest BCUT2D eigenvalue weighted by Crippen LogP contribution is -2.50. The van der Waals surface area contributed by atoms with Gasteiger partial charge in [-0.15, -0.1) is 0 Å². The van der Waals surface area contributed by atoms with Gasteiger partial charge in [-0.25, -0.2) is 0 Å². The molecule has 2 aliphatic heterocycles. The zero-order valence-electron chi connectivity index (χ0n) is 14.6. The maximum Gasteiger partial charge on any atom is 0.239 e. The maximum atomic E-state index is 12.5. The summed E-state index contributed by atoms with van der Waals surface area (Å²) in [5.74, 6) is 1.30. The van der Waals surface area contributed by atoms with Crippen molar-refractivity contribution in [3.63, 3.8) is 0 Å². The molecule has 2 rings (SSSR count). The average Bonchev–Trinajstić information content (AvgIpc) is 2.74. The fraction of sp³-hybridized carbons (Fsp3) is 0.944. The molecule has 0 bridgehead atoms. The molecule has 2 N–H and O–H groups in total. The first-order valence-electron chi connectivity index (χ1n) is 9.33. The molecule has 4 nitrogen and oxygen atoms in total. The van der Waals surface area contributed by atoms with Crippen molar-refractivity contribution in [3.8, 4) is 0 Å². The first kappa shape index (κ1) is 17.7. The average molecular weight is 309 g/mol. The Morgan fingerprint density at radius 3 is 2.41 bits per heavy atom. The Morgan fingerprint density at radius 1 is 1.09 bits per heavy atom. The lowest BCUT2D eigenvalue weighted by atomic mass is 9.95. The first-order chi connectivity index (χ1) is 10.6. The number of nitrogens with two attached hydrogens (primary N) is 1. The summed E-state index contributed by atoms with van der Waals surface area (Å²) in [5.41, 5.74) is 6.10. The monoisotopic (exact) mass is 309 g/mol. The van der Waals surface area contributed by atoms with Crippen molar-refractivity contribution in [1.29, 1.82) is 0 Å². The number of rotatable bonds is 5. The molecule has 0 radical (unpaired) electrons. The number of nitrogens with zero attached hydrogens (tertiary/aromatic N) is 2. The Balaban J connectivity index is 1.81. The fourth-order valence-corrected chi connectivity index (χ4v) is 3.94. The van der Waals surface area contributed by atoms with Crippen molar-refractivity contribution < 1.29 is 4.79 Å². The van der Waals surface area contributed by atoms with E-state index in [1.165, 1.54) is 51.7 Å². The third-order valence-electron chi connectivity index (χ3n) is 5.09. The normalized spacial score (nSPS) is 26.0. The second-order valence-electron chi connectivity index (χ2n) is 7.74. The Kier molecular flexibility index (Phi) is 7.16. The van der Waals surface area contributed by atoms with E-state index >= 15 is 0 Å². The second kappa shape index (κ2) is 8.88. The van der Waals surface area contributed by atoms with E-state index in [0.717, 1.165) is 25.9 Å². The highest BCUT2D eigenvalue weighted by Gasteiger charge is 2.28. The second-order valence-corrected chi connectivity index (χ2v) is 7.74. The van der Waals surface area contributed by atoms with Crippen molar-refractivity contribution in [2.45, 2.75) is 64.8 Å². The lowest BCUT2D eigenvalue weighted by Gasteiger charge is -2.36. The molecule has 0 aromatic carbocycles. The Morgan fingerprint density at radius 2 is 1.77 bits per heavy atom. The van der Waals surface area contributed by atoms with E-state index in [-0.39, 0.29) is 11.9 Å². The van der Waals surface area contributed by atoms with Crippen LogP contribution in [0.5, 0.6) is 0 Å². The van der Waals surface area contributed by atoms with Gasteiger partial charge in [0, 0.05) is 19.6 Å². The Hall–Kier alpha value is -0.610. The van der Waals surface area contributed by atoms with E-state index in [4.69, 9.17) is 5.73 Å². The Bertz CT molecular complexity index is 337. The molecule has 0 spiro atoms. The minimum absolute atomic E-state index is 0.175. The molecule has 0 aromatic rings. The van der Waals surface area contributed by atoms with Crippen LogP contribution in [-0.2, 0) is 4.79 Å². The number of carbonyl (C=O) groups is 1. The van der Waals surface area contributed by atoms with Gasteiger partial charge >= 0.3 is 0 Å². The summed E-state index contributed by atoms with van der Waals surface area (Å²) in [7, 11) is 0. The summed E-state index contributed by atoms with van der Waals surface area (Å²) < 4.78 is 0. The van der Waals surface area contributed by atoms with Crippen LogP contribution in [-0.4, -0.2) is 54.5 Å². The number of likely N-dealkylation sites (tertiary alicyclic amines) is 2. The van der Waals surface area contributed by atoms with E-state index in [1.54, 1.807) is 0 Å². The van der Waals surface area contributed by atoms with E-state index in [1.807, 2.05) is 4.90 Å². The number of hydrogen-bond donors (Lipinski definition) is 1. The quantitative estimate of drug-likeness (QED) is 0.849. The summed E-state index contributed by atoms with van der Waals surface area (Å²) in [6.45, 7) is 9.75. The van der Waals surface area contributed by atoms with Gasteiger partial charge in [-0.05, 0) is 57.0 Å². The molecule has 2 saturated heterocycles. The molecule has 128 valence electrons. The molecule has 2 fully saturated rings. The molecular formula is C18H35N3O. The molecule has 2 atom stereocenters. The molecule has 0 aromatic heterocycles. The van der Waals surface area contributed by atoms with E-state index in [2.05, 4.69) is 18.7 Å². The molecule has 0 saturated carbocycles. The van der Waals surface area contributed by atoms with Crippen molar-refractivity contribution in [2.75, 3.05) is 32.7 Å². The smallest absolute Gasteiger partial charge is 0.239 e. The first-order valence-corrected chi connectivity index (χ1v) is 9.33. The Labute approximate surface area is 136 Å². The fourth-order valence-electron chi connectivity index (χ4n) is 3.94. The van der Waals surface area contributed by atoms with E-state index in [0.29, 0.717) is 11.8 Å². The molecule has 22 heavy (non-hydrogen) atoms. The van der Waals surface area contributed by atoms with Gasteiger partial charge < -0.3 is 15.5 Å². The minimum Gasteiger partial charge on any atom is -0.341 e. The van der Waals surface area contributed by atoms with E-state index in [9.17, 15) is 4.79 Å². The number of carbonyl (C=O) groups excluding carboxylic acids is 1. The predicted octanol–water partition coefficient (Wildman–Crippen LogP) is 2.47. The highest BCUT2D eigenvalue weighted by Crippen LogP contribution is 2.21. The van der Waals surface area contributed by atoms with Crippen LogP contribution in [0.1, 0.15) is 58.8 Å². The van der Waals surface area contributed by atoms with Gasteiger partial charge in [-0.2, -0.15) is 0 Å². The number of hydrogen-bond acceptors (Lipinski definition) is 3. The van der Waals surface area contributed by atoms with Gasteiger partial charge in [0.1, 0.15) is 0 Å². The minimum atomic E-state index is -0.308. The van der Waals surface area contributed by atoms with Gasteiger partial charge in [0.25, 0.3) is 0 Å². The standard InChI is InChI=1S/C18H35N3O/c1-15(2)12-17(19)18(22)21-11-7-8-16(14-21)13-20-9-5-3-4-6-10-20/h15-17H,3-14,19H2,1-2H3/t16?,17-/m0/s1. The van der Waals surface area contributed by atoms with Crippen molar-refractivity contribution >= 4 is 5.91 Å². The zero-order chi connectivity index (χ0) is 15.9. The molecule has 2 heterocycles. The van der Waals surface area contributed by atoms with Crippen LogP contribution in [0.4, 0.5) is 0 Å². The zero-order valence-corrected chi connectivity index (χ0v) is 14.6. The van der Waals surface area contributed by atoms with Gasteiger partial charge in [0.2, 0.25) is 5.91 Å². The molecule has 0 aliphatic carbocycles. The molecule has 1 amide bonds. The molecule has 4 heteroatoms. The highest BCUT2D eigenvalue weighted by molar-refractivity contribution is 5.81. The van der Waals surface area contributed by atoms with Crippen LogP contribution in [0.25, 0.3) is 0 Å². The largest absolute Gasteiger partial charge is 0.341 e. The highest BCUT2D eigenvalue weighted by atomic mass is 16.2. The molecular weight excluding hydrogens is 274 g/mol. The summed E-state index contributed by atoms with van der Waals surface area (Å²) >= 11 is 0. The number of amides is 1. The SMILES string of the molecule is CC(C)C[C@H](N)C(=O)N1CCCC(CN2CCCCCC2)C1. The third kappa shape index (κ3) is 5.54. The van der Waals surface area contributed by atoms with Crippen LogP contribution >= 0.6 is 0 Å². The molecule has 1 unspecified atom stereocenters. The van der Waals surface area contributed by atoms with Crippen LogP contribution < -0.4 is 5.73 Å². The van der Waals surface area contributed by atoms with Gasteiger partial charge in [0.05, 0.1) is 6.04 Å². The third-order valence-corrected chi connectivity index (χ3v) is 5.09. The summed E-state index contributed by atoms with van der Waals surface area (Å²) in [5, 5.41) is 0. The van der Waals surface area contributed by atoms with Gasteiger partial charge in [-0.3, -0.25) is 4.79 Å².